The maximum atomic E-state index is 13.0. The van der Waals surface area contributed by atoms with Crippen molar-refractivity contribution in [3.05, 3.63) is 39.8 Å². The Hall–Kier alpha value is -1.64. The summed E-state index contributed by atoms with van der Waals surface area (Å²) in [5, 5.41) is 0. The summed E-state index contributed by atoms with van der Waals surface area (Å²) < 4.78 is 15.3. The molecule has 6 nitrogen and oxygen atoms in total. The number of likely N-dealkylation sites (tertiary alicyclic amines) is 1. The number of aromatic nitrogens is 2. The predicted molar refractivity (Wildman–Crippen MR) is 142 cm³/mol. The zero-order valence-electron chi connectivity index (χ0n) is 21.4. The number of rotatable bonds is 6. The molecule has 2 heterocycles. The van der Waals surface area contributed by atoms with Crippen molar-refractivity contribution in [3.8, 4) is 11.3 Å². The average Bonchev–Trinajstić information content (AvgIpc) is 3.33. The van der Waals surface area contributed by atoms with E-state index in [1.165, 1.54) is 16.8 Å². The van der Waals surface area contributed by atoms with Crippen molar-refractivity contribution in [2.24, 2.45) is 0 Å². The largest absolute Gasteiger partial charge is 0.444 e. The summed E-state index contributed by atoms with van der Waals surface area (Å²) in [7, 11) is -1.17. The molecule has 1 aliphatic carbocycles. The van der Waals surface area contributed by atoms with E-state index in [1.807, 2.05) is 25.7 Å². The Bertz CT molecular complexity index is 1050. The number of carbonyl (C=O) groups excluding carboxylic acids is 1. The van der Waals surface area contributed by atoms with Gasteiger partial charge < -0.3 is 14.0 Å². The third-order valence-corrected chi connectivity index (χ3v) is 8.65. The van der Waals surface area contributed by atoms with Gasteiger partial charge in [0.05, 0.1) is 11.7 Å². The first-order valence-corrected chi connectivity index (χ1v) is 16.9. The van der Waals surface area contributed by atoms with Crippen molar-refractivity contribution in [1.82, 2.24) is 14.5 Å². The number of aryl methyl sites for hydroxylation is 1. The van der Waals surface area contributed by atoms with E-state index < -0.39 is 13.7 Å². The molecule has 2 aromatic rings. The molecule has 34 heavy (non-hydrogen) atoms. The van der Waals surface area contributed by atoms with Gasteiger partial charge >= 0.3 is 6.09 Å². The molecule has 1 aliphatic heterocycles. The number of fused-ring (bicyclic) bond motifs is 3. The highest BCUT2D eigenvalue weighted by molar-refractivity contribution is 9.10. The van der Waals surface area contributed by atoms with E-state index in [0.29, 0.717) is 13.3 Å². The molecule has 8 heteroatoms. The molecule has 0 saturated carbocycles. The lowest BCUT2D eigenvalue weighted by Gasteiger charge is -2.29. The SMILES string of the molecule is CC(C)(C)OC(=O)N1CCC[C@H]1c1nc2c(n1COCC[Si](C)(C)C)CCc1cc(Br)ccc1-2. The normalized spacial score (nSPS) is 18.1. The van der Waals surface area contributed by atoms with Gasteiger partial charge in [-0.3, -0.25) is 4.90 Å². The highest BCUT2D eigenvalue weighted by Gasteiger charge is 2.38. The van der Waals surface area contributed by atoms with Crippen molar-refractivity contribution in [2.75, 3.05) is 13.2 Å². The van der Waals surface area contributed by atoms with Gasteiger partial charge in [0.15, 0.2) is 0 Å². The van der Waals surface area contributed by atoms with Crippen LogP contribution in [-0.4, -0.2) is 47.4 Å². The number of benzene rings is 1. The highest BCUT2D eigenvalue weighted by Crippen LogP contribution is 2.40. The smallest absolute Gasteiger partial charge is 0.410 e. The summed E-state index contributed by atoms with van der Waals surface area (Å²) in [6.07, 6.45) is 3.47. The number of hydrogen-bond donors (Lipinski definition) is 0. The lowest BCUT2D eigenvalue weighted by Crippen LogP contribution is -2.37. The van der Waals surface area contributed by atoms with Gasteiger partial charge in [0.2, 0.25) is 0 Å². The molecule has 0 unspecified atom stereocenters. The van der Waals surface area contributed by atoms with E-state index in [1.54, 1.807) is 0 Å². The third-order valence-electron chi connectivity index (χ3n) is 6.45. The van der Waals surface area contributed by atoms with Crippen LogP contribution in [0.4, 0.5) is 4.79 Å². The topological polar surface area (TPSA) is 56.6 Å². The summed E-state index contributed by atoms with van der Waals surface area (Å²) in [6, 6.07) is 7.47. The summed E-state index contributed by atoms with van der Waals surface area (Å²) in [6.45, 7) is 14.8. The Morgan fingerprint density at radius 1 is 1.24 bits per heavy atom. The average molecular weight is 549 g/mol. The van der Waals surface area contributed by atoms with Crippen LogP contribution in [-0.2, 0) is 29.0 Å². The Kier molecular flexibility index (Phi) is 7.32. The molecule has 0 spiro atoms. The molecule has 0 bridgehead atoms. The zero-order valence-corrected chi connectivity index (χ0v) is 24.0. The number of carbonyl (C=O) groups is 1. The first-order chi connectivity index (χ1) is 15.9. The van der Waals surface area contributed by atoms with E-state index in [0.717, 1.165) is 54.3 Å². The summed E-state index contributed by atoms with van der Waals surface area (Å²) in [5.74, 6) is 0.928. The molecular formula is C26H38BrN3O3Si. The molecule has 1 amide bonds. The molecule has 1 saturated heterocycles. The van der Waals surface area contributed by atoms with Crippen LogP contribution in [0.2, 0.25) is 25.7 Å². The second-order valence-electron chi connectivity index (χ2n) is 11.7. The number of ether oxygens (including phenoxy) is 2. The molecule has 1 aromatic carbocycles. The fourth-order valence-electron chi connectivity index (χ4n) is 4.73. The third kappa shape index (κ3) is 5.77. The summed E-state index contributed by atoms with van der Waals surface area (Å²) >= 11 is 3.61. The van der Waals surface area contributed by atoms with E-state index in [2.05, 4.69) is 58.3 Å². The van der Waals surface area contributed by atoms with Gasteiger partial charge in [0.25, 0.3) is 0 Å². The van der Waals surface area contributed by atoms with E-state index in [9.17, 15) is 4.79 Å². The van der Waals surface area contributed by atoms with Gasteiger partial charge in [-0.2, -0.15) is 0 Å². The predicted octanol–water partition coefficient (Wildman–Crippen LogP) is 6.80. The summed E-state index contributed by atoms with van der Waals surface area (Å²) in [4.78, 5) is 20.1. The Labute approximate surface area is 213 Å². The molecule has 186 valence electrons. The fourth-order valence-corrected chi connectivity index (χ4v) is 5.90. The van der Waals surface area contributed by atoms with Gasteiger partial charge in [-0.15, -0.1) is 0 Å². The van der Waals surface area contributed by atoms with Crippen LogP contribution in [0.1, 0.15) is 56.7 Å². The van der Waals surface area contributed by atoms with Gasteiger partial charge in [0.1, 0.15) is 18.2 Å². The van der Waals surface area contributed by atoms with Gasteiger partial charge in [-0.1, -0.05) is 41.6 Å². The Morgan fingerprint density at radius 3 is 2.71 bits per heavy atom. The van der Waals surface area contributed by atoms with Crippen molar-refractivity contribution in [2.45, 2.75) is 90.5 Å². The van der Waals surface area contributed by atoms with Crippen molar-refractivity contribution in [1.29, 1.82) is 0 Å². The second kappa shape index (κ2) is 9.78. The molecular weight excluding hydrogens is 510 g/mol. The van der Waals surface area contributed by atoms with E-state index in [-0.39, 0.29) is 12.1 Å². The molecule has 4 rings (SSSR count). The first-order valence-electron chi connectivity index (χ1n) is 12.4. The van der Waals surface area contributed by atoms with Crippen LogP contribution >= 0.6 is 15.9 Å². The fraction of sp³-hybridized carbons (Fsp3) is 0.615. The van der Waals surface area contributed by atoms with E-state index >= 15 is 0 Å². The van der Waals surface area contributed by atoms with Crippen LogP contribution < -0.4 is 0 Å². The van der Waals surface area contributed by atoms with E-state index in [4.69, 9.17) is 14.5 Å². The summed E-state index contributed by atoms with van der Waals surface area (Å²) in [5.41, 5.74) is 4.23. The molecule has 1 fully saturated rings. The van der Waals surface area contributed by atoms with Crippen LogP contribution in [0.15, 0.2) is 22.7 Å². The van der Waals surface area contributed by atoms with Gasteiger partial charge in [0, 0.05) is 37.0 Å². The maximum Gasteiger partial charge on any atom is 0.410 e. The monoisotopic (exact) mass is 547 g/mol. The first kappa shape index (κ1) is 25.4. The lowest BCUT2D eigenvalue weighted by molar-refractivity contribution is 0.0203. The van der Waals surface area contributed by atoms with Crippen LogP contribution in [0.25, 0.3) is 11.3 Å². The van der Waals surface area contributed by atoms with Crippen molar-refractivity contribution >= 4 is 30.1 Å². The van der Waals surface area contributed by atoms with Gasteiger partial charge in [-0.05, 0) is 70.2 Å². The van der Waals surface area contributed by atoms with Crippen LogP contribution in [0.3, 0.4) is 0 Å². The standard InChI is InChI=1S/C26H38BrN3O3Si/c1-26(2,3)33-25(31)29-13-7-8-22(29)24-28-23-20-11-10-19(27)16-18(20)9-12-21(23)30(24)17-32-14-15-34(4,5)6/h10-11,16,22H,7-9,12-15,17H2,1-6H3/t22-/m0/s1. The zero-order chi connectivity index (χ0) is 24.7. The lowest BCUT2D eigenvalue weighted by atomic mass is 9.92. The Balaban J connectivity index is 1.68. The number of halogens is 1. The van der Waals surface area contributed by atoms with Crippen LogP contribution in [0.5, 0.6) is 0 Å². The number of imidazole rings is 1. The molecule has 1 aromatic heterocycles. The van der Waals surface area contributed by atoms with Crippen LogP contribution in [0, 0.1) is 0 Å². The number of nitrogens with zero attached hydrogens (tertiary/aromatic N) is 3. The minimum atomic E-state index is -1.17. The minimum absolute atomic E-state index is 0.0973. The molecule has 2 aliphatic rings. The van der Waals surface area contributed by atoms with Gasteiger partial charge in [-0.25, -0.2) is 9.78 Å². The maximum absolute atomic E-state index is 13.0. The molecule has 0 N–H and O–H groups in total. The van der Waals surface area contributed by atoms with Crippen molar-refractivity contribution < 1.29 is 14.3 Å². The minimum Gasteiger partial charge on any atom is -0.444 e. The molecule has 1 atom stereocenters. The quantitative estimate of drug-likeness (QED) is 0.295. The Morgan fingerprint density at radius 2 is 2.00 bits per heavy atom. The number of hydrogen-bond acceptors (Lipinski definition) is 4. The van der Waals surface area contributed by atoms with Crippen molar-refractivity contribution in [3.63, 3.8) is 0 Å². The highest BCUT2D eigenvalue weighted by atomic mass is 79.9. The number of amides is 1. The molecule has 0 radical (unpaired) electrons. The second-order valence-corrected chi connectivity index (χ2v) is 18.2.